The SMILES string of the molecule is CN(C)N(P(c1ccccc1)c1ccccc1)C1(P)CCCC1. The monoisotopic (exact) mass is 344 g/mol. The molecule has 0 aliphatic heterocycles. The molecule has 1 fully saturated rings. The Morgan fingerprint density at radius 2 is 1.26 bits per heavy atom. The molecule has 2 aromatic rings. The van der Waals surface area contributed by atoms with E-state index in [9.17, 15) is 0 Å². The summed E-state index contributed by atoms with van der Waals surface area (Å²) >= 11 is 0. The number of rotatable bonds is 5. The standard InChI is InChI=1S/C19H26N2P2/c1-20(2)21(19(22)15-9-10-16-19)23(17-11-5-3-6-12-17)18-13-7-4-8-14-18/h3-8,11-14H,9-10,15-16,22H2,1-2H3. The minimum absolute atomic E-state index is 0.168. The summed E-state index contributed by atoms with van der Waals surface area (Å²) in [5, 5.41) is 5.30. The molecule has 1 aliphatic rings. The first-order valence-corrected chi connectivity index (χ1v) is 10.2. The molecule has 0 radical (unpaired) electrons. The molecule has 0 spiro atoms. The lowest BCUT2D eigenvalue weighted by Gasteiger charge is -2.47. The lowest BCUT2D eigenvalue weighted by molar-refractivity contribution is 0.0713. The molecule has 122 valence electrons. The highest BCUT2D eigenvalue weighted by Crippen LogP contribution is 2.52. The maximum atomic E-state index is 3.18. The highest BCUT2D eigenvalue weighted by atomic mass is 31.1. The first-order chi connectivity index (χ1) is 11.1. The van der Waals surface area contributed by atoms with Crippen LogP contribution in [0.4, 0.5) is 0 Å². The van der Waals surface area contributed by atoms with Crippen LogP contribution in [-0.4, -0.2) is 29.2 Å². The number of benzene rings is 2. The smallest absolute Gasteiger partial charge is 0.0541 e. The van der Waals surface area contributed by atoms with Gasteiger partial charge in [0.15, 0.2) is 0 Å². The van der Waals surface area contributed by atoms with Crippen LogP contribution in [0.1, 0.15) is 25.7 Å². The zero-order valence-corrected chi connectivity index (χ0v) is 16.1. The summed E-state index contributed by atoms with van der Waals surface area (Å²) in [7, 11) is 6.98. The Kier molecular flexibility index (Phi) is 5.49. The topological polar surface area (TPSA) is 6.48 Å². The molecule has 1 aliphatic carbocycles. The van der Waals surface area contributed by atoms with E-state index in [-0.39, 0.29) is 5.28 Å². The van der Waals surface area contributed by atoms with E-state index < -0.39 is 8.07 Å². The second kappa shape index (κ2) is 7.41. The van der Waals surface area contributed by atoms with E-state index in [0.717, 1.165) is 0 Å². The Balaban J connectivity index is 2.09. The molecule has 23 heavy (non-hydrogen) atoms. The van der Waals surface area contributed by atoms with Crippen LogP contribution < -0.4 is 10.6 Å². The van der Waals surface area contributed by atoms with E-state index >= 15 is 0 Å². The van der Waals surface area contributed by atoms with Gasteiger partial charge in [0.1, 0.15) is 0 Å². The predicted molar refractivity (Wildman–Crippen MR) is 106 cm³/mol. The van der Waals surface area contributed by atoms with Gasteiger partial charge in [-0.15, -0.1) is 9.24 Å². The fraction of sp³-hybridized carbons (Fsp3) is 0.368. The lowest BCUT2D eigenvalue weighted by atomic mass is 10.2. The third-order valence-electron chi connectivity index (χ3n) is 4.44. The molecule has 0 saturated heterocycles. The molecule has 4 heteroatoms. The summed E-state index contributed by atoms with van der Waals surface area (Å²) in [6.45, 7) is 0. The van der Waals surface area contributed by atoms with Crippen LogP contribution in [0.15, 0.2) is 60.7 Å². The van der Waals surface area contributed by atoms with Gasteiger partial charge in [-0.05, 0) is 23.5 Å². The van der Waals surface area contributed by atoms with Crippen molar-refractivity contribution in [1.29, 1.82) is 0 Å². The van der Waals surface area contributed by atoms with E-state index in [0.29, 0.717) is 0 Å². The second-order valence-corrected chi connectivity index (χ2v) is 9.54. The molecule has 0 aromatic heterocycles. The quantitative estimate of drug-likeness (QED) is 0.598. The highest BCUT2D eigenvalue weighted by Gasteiger charge is 2.41. The van der Waals surface area contributed by atoms with Crippen LogP contribution >= 0.6 is 17.3 Å². The molecular formula is C19H26N2P2. The van der Waals surface area contributed by atoms with Crippen molar-refractivity contribution in [3.63, 3.8) is 0 Å². The fourth-order valence-corrected chi connectivity index (χ4v) is 7.06. The average molecular weight is 344 g/mol. The Hall–Kier alpha value is -0.780. The van der Waals surface area contributed by atoms with Crippen LogP contribution in [0.25, 0.3) is 0 Å². The van der Waals surface area contributed by atoms with Gasteiger partial charge in [0.2, 0.25) is 0 Å². The summed E-state index contributed by atoms with van der Waals surface area (Å²) in [4.78, 5) is 0. The van der Waals surface area contributed by atoms with E-state index in [1.807, 2.05) is 0 Å². The number of hydrazine groups is 1. The van der Waals surface area contributed by atoms with Gasteiger partial charge in [-0.1, -0.05) is 73.5 Å². The van der Waals surface area contributed by atoms with E-state index in [1.54, 1.807) is 0 Å². The normalized spacial score (nSPS) is 17.3. The van der Waals surface area contributed by atoms with Gasteiger partial charge in [-0.3, -0.25) is 0 Å². The van der Waals surface area contributed by atoms with E-state index in [1.165, 1.54) is 36.3 Å². The molecule has 2 nitrogen and oxygen atoms in total. The Bertz CT molecular complexity index is 570. The summed E-state index contributed by atoms with van der Waals surface area (Å²) in [6.07, 6.45) is 5.13. The van der Waals surface area contributed by atoms with Crippen molar-refractivity contribution >= 4 is 27.9 Å². The molecule has 1 atom stereocenters. The molecular weight excluding hydrogens is 318 g/mol. The van der Waals surface area contributed by atoms with Crippen LogP contribution in [0.2, 0.25) is 0 Å². The molecule has 0 bridgehead atoms. The van der Waals surface area contributed by atoms with Gasteiger partial charge in [0.05, 0.1) is 5.28 Å². The summed E-state index contributed by atoms with van der Waals surface area (Å²) in [5.74, 6) is 0. The minimum atomic E-state index is -0.575. The van der Waals surface area contributed by atoms with Crippen molar-refractivity contribution in [1.82, 2.24) is 9.79 Å². The largest absolute Gasteiger partial charge is 0.243 e. The predicted octanol–water partition coefficient (Wildman–Crippen LogP) is 3.96. The molecule has 1 saturated carbocycles. The van der Waals surface area contributed by atoms with E-state index in [2.05, 4.69) is 93.8 Å². The first kappa shape index (κ1) is 17.1. The van der Waals surface area contributed by atoms with Crippen LogP contribution in [-0.2, 0) is 0 Å². The number of hydrogen-bond donors (Lipinski definition) is 0. The van der Waals surface area contributed by atoms with Crippen molar-refractivity contribution in [2.24, 2.45) is 0 Å². The van der Waals surface area contributed by atoms with Crippen LogP contribution in [0.3, 0.4) is 0 Å². The van der Waals surface area contributed by atoms with Crippen molar-refractivity contribution in [2.45, 2.75) is 31.0 Å². The van der Waals surface area contributed by atoms with Crippen molar-refractivity contribution in [3.8, 4) is 0 Å². The van der Waals surface area contributed by atoms with Gasteiger partial charge in [0.25, 0.3) is 0 Å². The molecule has 1 unspecified atom stereocenters. The Labute approximate surface area is 143 Å². The van der Waals surface area contributed by atoms with Gasteiger partial charge in [-0.25, -0.2) is 9.79 Å². The maximum absolute atomic E-state index is 3.18. The van der Waals surface area contributed by atoms with Gasteiger partial charge in [-0.2, -0.15) is 0 Å². The molecule has 2 aromatic carbocycles. The van der Waals surface area contributed by atoms with E-state index in [4.69, 9.17) is 0 Å². The molecule has 3 rings (SSSR count). The highest BCUT2D eigenvalue weighted by molar-refractivity contribution is 7.71. The van der Waals surface area contributed by atoms with Crippen molar-refractivity contribution in [2.75, 3.05) is 14.1 Å². The third-order valence-corrected chi connectivity index (χ3v) is 8.19. The number of hydrogen-bond acceptors (Lipinski definition) is 2. The van der Waals surface area contributed by atoms with Crippen molar-refractivity contribution in [3.05, 3.63) is 60.7 Å². The van der Waals surface area contributed by atoms with Crippen molar-refractivity contribution < 1.29 is 0 Å². The third kappa shape index (κ3) is 3.67. The Morgan fingerprint density at radius 3 is 1.65 bits per heavy atom. The zero-order valence-electron chi connectivity index (χ0n) is 14.0. The molecule has 0 N–H and O–H groups in total. The minimum Gasteiger partial charge on any atom is -0.243 e. The molecule has 0 amide bonds. The van der Waals surface area contributed by atoms with Gasteiger partial charge in [0, 0.05) is 22.2 Å². The molecule has 0 heterocycles. The van der Waals surface area contributed by atoms with Gasteiger partial charge < -0.3 is 0 Å². The zero-order chi connectivity index (χ0) is 16.3. The first-order valence-electron chi connectivity index (χ1n) is 8.28. The van der Waals surface area contributed by atoms with Crippen LogP contribution in [0, 0.1) is 0 Å². The maximum Gasteiger partial charge on any atom is 0.0541 e. The van der Waals surface area contributed by atoms with Gasteiger partial charge >= 0.3 is 0 Å². The fourth-order valence-electron chi connectivity index (χ4n) is 3.47. The summed E-state index contributed by atoms with van der Waals surface area (Å²) < 4.78 is 2.63. The summed E-state index contributed by atoms with van der Waals surface area (Å²) in [5.41, 5.74) is 0. The lowest BCUT2D eigenvalue weighted by Crippen LogP contribution is -2.49. The second-order valence-electron chi connectivity index (χ2n) is 6.43. The average Bonchev–Trinajstić information content (AvgIpc) is 3.01. The summed E-state index contributed by atoms with van der Waals surface area (Å²) in [6, 6.07) is 21.9. The van der Waals surface area contributed by atoms with Crippen LogP contribution in [0.5, 0.6) is 0 Å². The number of nitrogens with zero attached hydrogens (tertiary/aromatic N) is 2. The Morgan fingerprint density at radius 1 is 0.826 bits per heavy atom.